The summed E-state index contributed by atoms with van der Waals surface area (Å²) < 4.78 is 38.2. The maximum absolute atomic E-state index is 13.4. The van der Waals surface area contributed by atoms with E-state index < -0.39 is 9.84 Å². The fraction of sp³-hybridized carbons (Fsp3) is 0.192. The summed E-state index contributed by atoms with van der Waals surface area (Å²) in [6, 6.07) is 23.9. The van der Waals surface area contributed by atoms with Gasteiger partial charge in [-0.2, -0.15) is 4.98 Å². The summed E-state index contributed by atoms with van der Waals surface area (Å²) in [4.78, 5) is 4.57. The third-order valence-corrected chi connectivity index (χ3v) is 6.81. The lowest BCUT2D eigenvalue weighted by Crippen LogP contribution is -2.09. The Labute approximate surface area is 194 Å². The van der Waals surface area contributed by atoms with Gasteiger partial charge in [0, 0.05) is 12.1 Å². The Morgan fingerprint density at radius 1 is 0.939 bits per heavy atom. The first-order valence-corrected chi connectivity index (χ1v) is 12.3. The molecule has 0 aliphatic rings. The molecular formula is C26H26N2O4S. The molecule has 0 amide bonds. The number of nitrogens with zero attached hydrogens (tertiary/aromatic N) is 1. The molecule has 1 N–H and O–H groups in total. The van der Waals surface area contributed by atoms with E-state index in [1.54, 1.807) is 48.5 Å². The number of ether oxygens (including phenoxy) is 1. The van der Waals surface area contributed by atoms with E-state index in [2.05, 4.69) is 10.3 Å². The first kappa shape index (κ1) is 22.6. The van der Waals surface area contributed by atoms with Gasteiger partial charge in [0.25, 0.3) is 0 Å². The van der Waals surface area contributed by atoms with Crippen LogP contribution in [0.25, 0.3) is 11.5 Å². The molecule has 4 rings (SSSR count). The van der Waals surface area contributed by atoms with Gasteiger partial charge < -0.3 is 14.5 Å². The van der Waals surface area contributed by atoms with Crippen molar-refractivity contribution in [1.29, 1.82) is 0 Å². The number of aryl methyl sites for hydroxylation is 1. The van der Waals surface area contributed by atoms with Gasteiger partial charge in [-0.25, -0.2) is 8.42 Å². The second-order valence-electron chi connectivity index (χ2n) is 7.59. The summed E-state index contributed by atoms with van der Waals surface area (Å²) in [6.45, 7) is 4.88. The van der Waals surface area contributed by atoms with Crippen LogP contribution in [0.2, 0.25) is 0 Å². The molecule has 7 heteroatoms. The number of benzene rings is 3. The average molecular weight is 463 g/mol. The van der Waals surface area contributed by atoms with Crippen molar-refractivity contribution in [3.8, 4) is 17.2 Å². The fourth-order valence-electron chi connectivity index (χ4n) is 3.38. The molecule has 1 heterocycles. The number of rotatable bonds is 9. The predicted molar refractivity (Wildman–Crippen MR) is 128 cm³/mol. The summed E-state index contributed by atoms with van der Waals surface area (Å²) in [6.07, 6.45) is 0.712. The van der Waals surface area contributed by atoms with E-state index in [-0.39, 0.29) is 21.7 Å². The first-order valence-electron chi connectivity index (χ1n) is 10.8. The second-order valence-corrected chi connectivity index (χ2v) is 9.45. The van der Waals surface area contributed by atoms with Gasteiger partial charge in [-0.05, 0) is 62.2 Å². The molecular weight excluding hydrogens is 436 g/mol. The van der Waals surface area contributed by atoms with Crippen molar-refractivity contribution in [3.63, 3.8) is 0 Å². The Morgan fingerprint density at radius 3 is 2.30 bits per heavy atom. The predicted octanol–water partition coefficient (Wildman–Crippen LogP) is 5.54. The summed E-state index contributed by atoms with van der Waals surface area (Å²) >= 11 is 0. The summed E-state index contributed by atoms with van der Waals surface area (Å²) in [7, 11) is -3.88. The first-order chi connectivity index (χ1) is 16.0. The van der Waals surface area contributed by atoms with Crippen LogP contribution in [0.4, 0.5) is 5.88 Å². The molecule has 0 saturated heterocycles. The number of anilines is 1. The van der Waals surface area contributed by atoms with Crippen molar-refractivity contribution in [3.05, 3.63) is 90.0 Å². The molecule has 3 aromatic carbocycles. The minimum atomic E-state index is -3.88. The standard InChI is InChI=1S/C26H26N2O4S/c1-3-31-22-13-11-21(12-14-22)24-28-26(33(29,30)23-15-9-19(2)10-16-23)25(32-24)27-18-17-20-7-5-4-6-8-20/h4-16,27H,3,17-18H2,1-2H3. The third kappa shape index (κ3) is 5.26. The van der Waals surface area contributed by atoms with Crippen LogP contribution in [0.5, 0.6) is 5.75 Å². The Hall–Kier alpha value is -3.58. The van der Waals surface area contributed by atoms with E-state index in [9.17, 15) is 8.42 Å². The normalized spacial score (nSPS) is 11.3. The lowest BCUT2D eigenvalue weighted by molar-refractivity contribution is 0.340. The highest BCUT2D eigenvalue weighted by atomic mass is 32.2. The minimum absolute atomic E-state index is 0.122. The Morgan fingerprint density at radius 2 is 1.64 bits per heavy atom. The van der Waals surface area contributed by atoms with Gasteiger partial charge in [0.2, 0.25) is 26.6 Å². The second kappa shape index (κ2) is 9.92. The molecule has 0 radical (unpaired) electrons. The molecule has 0 atom stereocenters. The SMILES string of the molecule is CCOc1ccc(-c2nc(S(=O)(=O)c3ccc(C)cc3)c(NCCc3ccccc3)o2)cc1. The molecule has 0 unspecified atom stereocenters. The van der Waals surface area contributed by atoms with Gasteiger partial charge in [0.15, 0.2) is 0 Å². The Bertz CT molecular complexity index is 1300. The quantitative estimate of drug-likeness (QED) is 0.352. The van der Waals surface area contributed by atoms with Gasteiger partial charge in [-0.15, -0.1) is 0 Å². The molecule has 170 valence electrons. The Balaban J connectivity index is 1.67. The summed E-state index contributed by atoms with van der Waals surface area (Å²) in [5.74, 6) is 1.09. The smallest absolute Gasteiger partial charge is 0.233 e. The van der Waals surface area contributed by atoms with E-state index in [4.69, 9.17) is 9.15 Å². The van der Waals surface area contributed by atoms with E-state index >= 15 is 0 Å². The van der Waals surface area contributed by atoms with E-state index in [0.29, 0.717) is 25.1 Å². The van der Waals surface area contributed by atoms with Gasteiger partial charge in [-0.1, -0.05) is 48.0 Å². The summed E-state index contributed by atoms with van der Waals surface area (Å²) in [5, 5.41) is 3.02. The van der Waals surface area contributed by atoms with Crippen LogP contribution in [-0.4, -0.2) is 26.6 Å². The number of aromatic nitrogens is 1. The third-order valence-electron chi connectivity index (χ3n) is 5.14. The number of nitrogens with one attached hydrogen (secondary N) is 1. The topological polar surface area (TPSA) is 81.4 Å². The maximum Gasteiger partial charge on any atom is 0.233 e. The van der Waals surface area contributed by atoms with Gasteiger partial charge in [0.05, 0.1) is 11.5 Å². The number of hydrogen-bond acceptors (Lipinski definition) is 6. The van der Waals surface area contributed by atoms with Crippen LogP contribution in [0, 0.1) is 6.92 Å². The average Bonchev–Trinajstić information content (AvgIpc) is 3.26. The van der Waals surface area contributed by atoms with Crippen LogP contribution in [-0.2, 0) is 16.3 Å². The van der Waals surface area contributed by atoms with Crippen molar-refractivity contribution >= 4 is 15.7 Å². The van der Waals surface area contributed by atoms with E-state index in [0.717, 1.165) is 16.9 Å². The van der Waals surface area contributed by atoms with Crippen molar-refractivity contribution < 1.29 is 17.6 Å². The number of oxazole rings is 1. The van der Waals surface area contributed by atoms with Crippen LogP contribution >= 0.6 is 0 Å². The number of sulfone groups is 1. The Kier molecular flexibility index (Phi) is 6.79. The zero-order chi connectivity index (χ0) is 23.3. The van der Waals surface area contributed by atoms with Crippen molar-refractivity contribution in [2.24, 2.45) is 0 Å². The highest BCUT2D eigenvalue weighted by Crippen LogP contribution is 2.33. The highest BCUT2D eigenvalue weighted by Gasteiger charge is 2.28. The maximum atomic E-state index is 13.4. The number of hydrogen-bond donors (Lipinski definition) is 1. The molecule has 6 nitrogen and oxygen atoms in total. The molecule has 0 fully saturated rings. The lowest BCUT2D eigenvalue weighted by Gasteiger charge is -2.06. The molecule has 1 aromatic heterocycles. The monoisotopic (exact) mass is 462 g/mol. The lowest BCUT2D eigenvalue weighted by atomic mass is 10.1. The molecule has 0 saturated carbocycles. The van der Waals surface area contributed by atoms with E-state index in [1.165, 1.54) is 0 Å². The molecule has 33 heavy (non-hydrogen) atoms. The zero-order valence-corrected chi connectivity index (χ0v) is 19.4. The van der Waals surface area contributed by atoms with Crippen LogP contribution in [0.15, 0.2) is 93.2 Å². The van der Waals surface area contributed by atoms with Crippen LogP contribution < -0.4 is 10.1 Å². The fourth-order valence-corrected chi connectivity index (χ4v) is 4.66. The molecule has 0 spiro atoms. The largest absolute Gasteiger partial charge is 0.494 e. The van der Waals surface area contributed by atoms with Crippen molar-refractivity contribution in [1.82, 2.24) is 4.98 Å². The van der Waals surface area contributed by atoms with Gasteiger partial charge in [-0.3, -0.25) is 0 Å². The van der Waals surface area contributed by atoms with Gasteiger partial charge in [0.1, 0.15) is 5.75 Å². The molecule has 0 bridgehead atoms. The van der Waals surface area contributed by atoms with Crippen molar-refractivity contribution in [2.75, 3.05) is 18.5 Å². The zero-order valence-electron chi connectivity index (χ0n) is 18.6. The molecule has 0 aliphatic heterocycles. The minimum Gasteiger partial charge on any atom is -0.494 e. The molecule has 0 aliphatic carbocycles. The molecule has 4 aromatic rings. The summed E-state index contributed by atoms with van der Waals surface area (Å²) in [5.41, 5.74) is 2.78. The van der Waals surface area contributed by atoms with Crippen LogP contribution in [0.3, 0.4) is 0 Å². The van der Waals surface area contributed by atoms with Crippen LogP contribution in [0.1, 0.15) is 18.1 Å². The highest BCUT2D eigenvalue weighted by molar-refractivity contribution is 7.91. The van der Waals surface area contributed by atoms with Gasteiger partial charge >= 0.3 is 0 Å². The van der Waals surface area contributed by atoms with Crippen molar-refractivity contribution in [2.45, 2.75) is 30.2 Å². The van der Waals surface area contributed by atoms with E-state index in [1.807, 2.05) is 44.2 Å².